The monoisotopic (exact) mass is 457 g/mol. The molecule has 0 aromatic heterocycles. The van der Waals surface area contributed by atoms with Crippen LogP contribution in [0.5, 0.6) is 5.75 Å². The summed E-state index contributed by atoms with van der Waals surface area (Å²) in [4.78, 5) is 16.5. The van der Waals surface area contributed by atoms with E-state index in [1.165, 1.54) is 0 Å². The van der Waals surface area contributed by atoms with Crippen LogP contribution in [0.3, 0.4) is 0 Å². The first-order valence-corrected chi connectivity index (χ1v) is 10.1. The van der Waals surface area contributed by atoms with Crippen molar-refractivity contribution in [1.29, 1.82) is 0 Å². The molecule has 0 unspecified atom stereocenters. The Bertz CT molecular complexity index is 1190. The molecular formula is C23H14Cl3NO3. The summed E-state index contributed by atoms with van der Waals surface area (Å²) >= 11 is 18.1. The molecule has 0 saturated carbocycles. The van der Waals surface area contributed by atoms with Gasteiger partial charge in [0, 0.05) is 16.1 Å². The van der Waals surface area contributed by atoms with Crippen molar-refractivity contribution in [2.75, 3.05) is 0 Å². The zero-order valence-electron chi connectivity index (χ0n) is 15.4. The molecule has 0 radical (unpaired) electrons. The van der Waals surface area contributed by atoms with Crippen molar-refractivity contribution in [3.8, 4) is 5.75 Å². The van der Waals surface area contributed by atoms with Gasteiger partial charge < -0.3 is 9.47 Å². The van der Waals surface area contributed by atoms with Crippen molar-refractivity contribution in [1.82, 2.24) is 0 Å². The minimum absolute atomic E-state index is 0.177. The normalized spacial score (nSPS) is 14.6. The molecule has 3 aromatic carbocycles. The van der Waals surface area contributed by atoms with Gasteiger partial charge in [-0.2, -0.15) is 0 Å². The summed E-state index contributed by atoms with van der Waals surface area (Å²) in [6.45, 7) is 0.335. The number of benzene rings is 3. The van der Waals surface area contributed by atoms with E-state index in [2.05, 4.69) is 4.99 Å². The van der Waals surface area contributed by atoms with Gasteiger partial charge in [-0.05, 0) is 48.0 Å². The van der Waals surface area contributed by atoms with Crippen LogP contribution in [0.4, 0.5) is 0 Å². The molecule has 7 heteroatoms. The Kier molecular flexibility index (Phi) is 6.09. The van der Waals surface area contributed by atoms with E-state index in [9.17, 15) is 4.79 Å². The van der Waals surface area contributed by atoms with Crippen molar-refractivity contribution >= 4 is 52.7 Å². The van der Waals surface area contributed by atoms with Gasteiger partial charge in [0.25, 0.3) is 0 Å². The Morgan fingerprint density at radius 2 is 1.73 bits per heavy atom. The second-order valence-corrected chi connectivity index (χ2v) is 7.64. The number of carbonyl (C=O) groups is 1. The zero-order chi connectivity index (χ0) is 21.1. The quantitative estimate of drug-likeness (QED) is 0.321. The van der Waals surface area contributed by atoms with Crippen LogP contribution in [-0.2, 0) is 16.1 Å². The molecule has 0 aliphatic carbocycles. The first kappa shape index (κ1) is 20.5. The minimum Gasteiger partial charge on any atom is -0.489 e. The van der Waals surface area contributed by atoms with E-state index in [1.807, 2.05) is 48.5 Å². The Labute approximate surface area is 188 Å². The average molecular weight is 459 g/mol. The average Bonchev–Trinajstić information content (AvgIpc) is 3.10. The Morgan fingerprint density at radius 1 is 0.900 bits per heavy atom. The summed E-state index contributed by atoms with van der Waals surface area (Å²) in [7, 11) is 0. The van der Waals surface area contributed by atoms with Crippen molar-refractivity contribution in [3.63, 3.8) is 0 Å². The molecule has 0 amide bonds. The number of aliphatic imine (C=N–C) groups is 1. The molecule has 1 aliphatic heterocycles. The number of nitrogens with zero attached hydrogens (tertiary/aromatic N) is 1. The molecule has 0 spiro atoms. The topological polar surface area (TPSA) is 47.9 Å². The molecule has 0 saturated heterocycles. The smallest absolute Gasteiger partial charge is 0.363 e. The largest absolute Gasteiger partial charge is 0.489 e. The molecule has 0 N–H and O–H groups in total. The fraction of sp³-hybridized carbons (Fsp3) is 0.0435. The van der Waals surface area contributed by atoms with Crippen molar-refractivity contribution in [2.45, 2.75) is 6.61 Å². The lowest BCUT2D eigenvalue weighted by atomic mass is 10.2. The molecule has 4 nitrogen and oxygen atoms in total. The van der Waals surface area contributed by atoms with Crippen LogP contribution in [0.2, 0.25) is 15.1 Å². The highest BCUT2D eigenvalue weighted by Gasteiger charge is 2.24. The summed E-state index contributed by atoms with van der Waals surface area (Å²) < 4.78 is 11.1. The van der Waals surface area contributed by atoms with Gasteiger partial charge in [0.1, 0.15) is 12.4 Å². The summed E-state index contributed by atoms with van der Waals surface area (Å²) in [5.41, 5.74) is 2.38. The summed E-state index contributed by atoms with van der Waals surface area (Å²) in [5, 5.41) is 1.41. The molecule has 4 rings (SSSR count). The zero-order valence-corrected chi connectivity index (χ0v) is 17.7. The molecule has 30 heavy (non-hydrogen) atoms. The van der Waals surface area contributed by atoms with E-state index < -0.39 is 5.97 Å². The van der Waals surface area contributed by atoms with E-state index in [0.717, 1.165) is 11.1 Å². The Hall–Kier alpha value is -2.79. The molecule has 150 valence electrons. The van der Waals surface area contributed by atoms with Crippen LogP contribution in [0.1, 0.15) is 16.7 Å². The maximum atomic E-state index is 12.2. The fourth-order valence-corrected chi connectivity index (χ4v) is 3.28. The second kappa shape index (κ2) is 8.92. The van der Waals surface area contributed by atoms with Gasteiger partial charge in [0.15, 0.2) is 5.70 Å². The molecule has 0 bridgehead atoms. The number of halogens is 3. The van der Waals surface area contributed by atoms with Gasteiger partial charge in [0.2, 0.25) is 5.90 Å². The third-order valence-corrected chi connectivity index (χ3v) is 5.41. The fourth-order valence-electron chi connectivity index (χ4n) is 2.79. The van der Waals surface area contributed by atoms with E-state index in [0.29, 0.717) is 33.0 Å². The number of carbonyl (C=O) groups excluding carboxylic acids is 1. The van der Waals surface area contributed by atoms with Crippen LogP contribution >= 0.6 is 34.8 Å². The van der Waals surface area contributed by atoms with Gasteiger partial charge in [-0.15, -0.1) is 0 Å². The van der Waals surface area contributed by atoms with Gasteiger partial charge in [0.05, 0.1) is 10.0 Å². The summed E-state index contributed by atoms with van der Waals surface area (Å²) in [5.74, 6) is 0.277. The second-order valence-electron chi connectivity index (χ2n) is 6.42. The van der Waals surface area contributed by atoms with E-state index in [4.69, 9.17) is 44.3 Å². The standard InChI is InChI=1S/C23H14Cl3NO3/c24-18-7-2-1-5-16(18)13-29-17-6-3-4-14(10-17)11-21-23(28)30-22(27-21)15-8-9-19(25)20(26)12-15/h1-12H,13H2/b21-11-. The lowest BCUT2D eigenvalue weighted by Gasteiger charge is -2.08. The highest BCUT2D eigenvalue weighted by Crippen LogP contribution is 2.26. The summed E-state index contributed by atoms with van der Waals surface area (Å²) in [6.07, 6.45) is 1.63. The van der Waals surface area contributed by atoms with Crippen LogP contribution in [0.25, 0.3) is 6.08 Å². The highest BCUT2D eigenvalue weighted by atomic mass is 35.5. The summed E-state index contributed by atoms with van der Waals surface area (Å²) in [6, 6.07) is 19.7. The van der Waals surface area contributed by atoms with Crippen molar-refractivity contribution < 1.29 is 14.3 Å². The molecule has 3 aromatic rings. The predicted octanol–water partition coefficient (Wildman–Crippen LogP) is 6.57. The number of hydrogen-bond donors (Lipinski definition) is 0. The van der Waals surface area contributed by atoms with Gasteiger partial charge in [-0.1, -0.05) is 65.1 Å². The molecule has 1 heterocycles. The molecule has 1 aliphatic rings. The van der Waals surface area contributed by atoms with Crippen LogP contribution in [0, 0.1) is 0 Å². The first-order valence-electron chi connectivity index (χ1n) is 8.94. The van der Waals surface area contributed by atoms with Crippen molar-refractivity contribution in [3.05, 3.63) is 104 Å². The van der Waals surface area contributed by atoms with E-state index >= 15 is 0 Å². The van der Waals surface area contributed by atoms with E-state index in [-0.39, 0.29) is 11.6 Å². The minimum atomic E-state index is -0.543. The highest BCUT2D eigenvalue weighted by molar-refractivity contribution is 6.42. The van der Waals surface area contributed by atoms with Gasteiger partial charge in [-0.25, -0.2) is 9.79 Å². The lowest BCUT2D eigenvalue weighted by Crippen LogP contribution is -2.05. The molecule has 0 atom stereocenters. The van der Waals surface area contributed by atoms with E-state index in [1.54, 1.807) is 24.3 Å². The Morgan fingerprint density at radius 3 is 2.53 bits per heavy atom. The van der Waals surface area contributed by atoms with Gasteiger partial charge in [-0.3, -0.25) is 0 Å². The van der Waals surface area contributed by atoms with Crippen LogP contribution < -0.4 is 4.74 Å². The SMILES string of the molecule is O=C1OC(c2ccc(Cl)c(Cl)c2)=N/C1=C\c1cccc(OCc2ccccc2Cl)c1. The third kappa shape index (κ3) is 4.68. The first-order chi connectivity index (χ1) is 14.5. The third-order valence-electron chi connectivity index (χ3n) is 4.30. The number of ether oxygens (including phenoxy) is 2. The predicted molar refractivity (Wildman–Crippen MR) is 119 cm³/mol. The van der Waals surface area contributed by atoms with Crippen LogP contribution in [-0.4, -0.2) is 11.9 Å². The maximum absolute atomic E-state index is 12.2. The number of rotatable bonds is 5. The number of cyclic esters (lactones) is 1. The molecular weight excluding hydrogens is 445 g/mol. The van der Waals surface area contributed by atoms with Crippen molar-refractivity contribution in [2.24, 2.45) is 4.99 Å². The van der Waals surface area contributed by atoms with Gasteiger partial charge >= 0.3 is 5.97 Å². The lowest BCUT2D eigenvalue weighted by molar-refractivity contribution is -0.129. The Balaban J connectivity index is 1.53. The maximum Gasteiger partial charge on any atom is 0.363 e. The van der Waals surface area contributed by atoms with Crippen LogP contribution in [0.15, 0.2) is 77.4 Å². The number of hydrogen-bond acceptors (Lipinski definition) is 4. The number of esters is 1. The molecule has 0 fully saturated rings.